The standard InChI is InChI=1S/C26H21NO5/c28-25(29)23(14-17-13-16-7-1-6-12-24(16)32-17)27-26(30)31-15-22-20-10-4-2-8-18(20)19-9-3-5-11-21(19)22/h1-13,22-23H,14-15H2,(H,27,30)(H,28,29)/t23-/m0/s1. The molecule has 0 bridgehead atoms. The molecule has 2 N–H and O–H groups in total. The molecule has 6 heteroatoms. The summed E-state index contributed by atoms with van der Waals surface area (Å²) >= 11 is 0. The molecular formula is C26H21NO5. The van der Waals surface area contributed by atoms with Crippen LogP contribution in [0.2, 0.25) is 0 Å². The Morgan fingerprint density at radius 3 is 2.22 bits per heavy atom. The Kier molecular flexibility index (Phi) is 5.11. The number of para-hydroxylation sites is 1. The lowest BCUT2D eigenvalue weighted by Crippen LogP contribution is -2.42. The number of carbonyl (C=O) groups excluding carboxylic acids is 1. The number of carboxylic acids is 1. The minimum absolute atomic E-state index is 0.0220. The summed E-state index contributed by atoms with van der Waals surface area (Å²) in [7, 11) is 0. The normalized spacial score (nSPS) is 13.4. The lowest BCUT2D eigenvalue weighted by molar-refractivity contribution is -0.139. The molecule has 1 aliphatic carbocycles. The van der Waals surface area contributed by atoms with Crippen molar-refractivity contribution in [3.8, 4) is 11.1 Å². The van der Waals surface area contributed by atoms with Crippen LogP contribution in [0, 0.1) is 0 Å². The molecule has 1 aromatic heterocycles. The van der Waals surface area contributed by atoms with Crippen molar-refractivity contribution in [2.45, 2.75) is 18.4 Å². The molecule has 160 valence electrons. The summed E-state index contributed by atoms with van der Waals surface area (Å²) in [5.41, 5.74) is 5.13. The number of fused-ring (bicyclic) bond motifs is 4. The van der Waals surface area contributed by atoms with E-state index in [1.54, 1.807) is 6.07 Å². The highest BCUT2D eigenvalue weighted by Crippen LogP contribution is 2.44. The van der Waals surface area contributed by atoms with Crippen molar-refractivity contribution in [1.82, 2.24) is 5.32 Å². The zero-order valence-electron chi connectivity index (χ0n) is 17.2. The van der Waals surface area contributed by atoms with Crippen LogP contribution in [0.1, 0.15) is 22.8 Å². The third-order valence-electron chi connectivity index (χ3n) is 5.82. The van der Waals surface area contributed by atoms with Gasteiger partial charge in [0.05, 0.1) is 0 Å². The highest BCUT2D eigenvalue weighted by Gasteiger charge is 2.30. The van der Waals surface area contributed by atoms with Crippen molar-refractivity contribution in [3.63, 3.8) is 0 Å². The maximum atomic E-state index is 12.5. The summed E-state index contributed by atoms with van der Waals surface area (Å²) in [4.78, 5) is 24.2. The van der Waals surface area contributed by atoms with E-state index < -0.39 is 18.1 Å². The van der Waals surface area contributed by atoms with Crippen molar-refractivity contribution < 1.29 is 23.8 Å². The van der Waals surface area contributed by atoms with Crippen LogP contribution in [0.25, 0.3) is 22.1 Å². The summed E-state index contributed by atoms with van der Waals surface area (Å²) in [6.45, 7) is 0.122. The number of carbonyl (C=O) groups is 2. The number of nitrogens with one attached hydrogen (secondary N) is 1. The summed E-state index contributed by atoms with van der Waals surface area (Å²) in [6.07, 6.45) is -0.746. The maximum Gasteiger partial charge on any atom is 0.407 e. The Labute approximate surface area is 184 Å². The van der Waals surface area contributed by atoms with Gasteiger partial charge in [-0.15, -0.1) is 0 Å². The topological polar surface area (TPSA) is 88.8 Å². The Morgan fingerprint density at radius 2 is 1.56 bits per heavy atom. The van der Waals surface area contributed by atoms with Gasteiger partial charge in [-0.25, -0.2) is 9.59 Å². The van der Waals surface area contributed by atoms with Crippen LogP contribution < -0.4 is 5.32 Å². The Bertz CT molecular complexity index is 1230. The minimum Gasteiger partial charge on any atom is -0.480 e. The zero-order valence-corrected chi connectivity index (χ0v) is 17.2. The van der Waals surface area contributed by atoms with E-state index in [9.17, 15) is 14.7 Å². The molecule has 0 unspecified atom stereocenters. The Hall–Kier alpha value is -4.06. The average Bonchev–Trinajstić information content (AvgIpc) is 3.35. The fourth-order valence-corrected chi connectivity index (χ4v) is 4.32. The summed E-state index contributed by atoms with van der Waals surface area (Å²) in [5.74, 6) is -0.761. The first-order valence-corrected chi connectivity index (χ1v) is 10.4. The molecular weight excluding hydrogens is 406 g/mol. The molecule has 0 spiro atoms. The van der Waals surface area contributed by atoms with Crippen LogP contribution in [0.4, 0.5) is 4.79 Å². The van der Waals surface area contributed by atoms with Crippen LogP contribution in [-0.2, 0) is 16.0 Å². The smallest absolute Gasteiger partial charge is 0.407 e. The summed E-state index contributed by atoms with van der Waals surface area (Å²) in [5, 5.41) is 12.9. The predicted molar refractivity (Wildman–Crippen MR) is 120 cm³/mol. The number of furan rings is 1. The van der Waals surface area contributed by atoms with Crippen molar-refractivity contribution in [1.29, 1.82) is 0 Å². The van der Waals surface area contributed by atoms with E-state index >= 15 is 0 Å². The molecule has 1 aliphatic rings. The molecule has 0 fully saturated rings. The van der Waals surface area contributed by atoms with E-state index in [0.29, 0.717) is 11.3 Å². The number of carboxylic acid groups (broad SMARTS) is 1. The third kappa shape index (κ3) is 3.71. The number of benzene rings is 3. The fourth-order valence-electron chi connectivity index (χ4n) is 4.32. The van der Waals surface area contributed by atoms with Crippen LogP contribution in [0.15, 0.2) is 83.3 Å². The number of aliphatic carboxylic acids is 1. The summed E-state index contributed by atoms with van der Waals surface area (Å²) < 4.78 is 11.2. The molecule has 1 amide bonds. The van der Waals surface area contributed by atoms with Gasteiger partial charge in [-0.05, 0) is 34.4 Å². The van der Waals surface area contributed by atoms with Crippen LogP contribution in [-0.4, -0.2) is 29.8 Å². The fraction of sp³-hybridized carbons (Fsp3) is 0.154. The number of alkyl carbamates (subject to hydrolysis) is 1. The lowest BCUT2D eigenvalue weighted by atomic mass is 9.98. The maximum absolute atomic E-state index is 12.5. The van der Waals surface area contributed by atoms with E-state index in [1.165, 1.54) is 0 Å². The molecule has 0 saturated carbocycles. The molecule has 0 saturated heterocycles. The van der Waals surface area contributed by atoms with E-state index in [1.807, 2.05) is 60.7 Å². The molecule has 0 radical (unpaired) electrons. The van der Waals surface area contributed by atoms with Gasteiger partial charge in [0, 0.05) is 17.7 Å². The van der Waals surface area contributed by atoms with Crippen molar-refractivity contribution in [2.24, 2.45) is 0 Å². The van der Waals surface area contributed by atoms with Crippen LogP contribution in [0.5, 0.6) is 0 Å². The average molecular weight is 427 g/mol. The molecule has 32 heavy (non-hydrogen) atoms. The van der Waals surface area contributed by atoms with Gasteiger partial charge in [0.15, 0.2) is 0 Å². The highest BCUT2D eigenvalue weighted by atomic mass is 16.5. The number of hydrogen-bond acceptors (Lipinski definition) is 4. The second-order valence-electron chi connectivity index (χ2n) is 7.82. The van der Waals surface area contributed by atoms with Gasteiger partial charge in [0.25, 0.3) is 0 Å². The quantitative estimate of drug-likeness (QED) is 0.454. The molecule has 1 heterocycles. The van der Waals surface area contributed by atoms with Crippen LogP contribution in [0.3, 0.4) is 0 Å². The molecule has 0 aliphatic heterocycles. The van der Waals surface area contributed by atoms with Crippen molar-refractivity contribution >= 4 is 23.0 Å². The van der Waals surface area contributed by atoms with E-state index in [-0.39, 0.29) is 18.9 Å². The van der Waals surface area contributed by atoms with Gasteiger partial charge in [0.2, 0.25) is 0 Å². The van der Waals surface area contributed by atoms with Gasteiger partial charge in [-0.3, -0.25) is 0 Å². The van der Waals surface area contributed by atoms with Crippen LogP contribution >= 0.6 is 0 Å². The molecule has 1 atom stereocenters. The van der Waals surface area contributed by atoms with Gasteiger partial charge in [0.1, 0.15) is 24.0 Å². The van der Waals surface area contributed by atoms with Gasteiger partial charge < -0.3 is 19.6 Å². The van der Waals surface area contributed by atoms with Crippen molar-refractivity contribution in [3.05, 3.63) is 95.7 Å². The first-order chi connectivity index (χ1) is 15.6. The van der Waals surface area contributed by atoms with Crippen molar-refractivity contribution in [2.75, 3.05) is 6.61 Å². The number of ether oxygens (including phenoxy) is 1. The summed E-state index contributed by atoms with van der Waals surface area (Å²) in [6, 6.07) is 24.1. The van der Waals surface area contributed by atoms with Gasteiger partial charge in [-0.2, -0.15) is 0 Å². The second-order valence-corrected chi connectivity index (χ2v) is 7.82. The molecule has 6 nitrogen and oxygen atoms in total. The Morgan fingerprint density at radius 1 is 0.938 bits per heavy atom. The largest absolute Gasteiger partial charge is 0.480 e. The first kappa shape index (κ1) is 19.9. The zero-order chi connectivity index (χ0) is 22.1. The first-order valence-electron chi connectivity index (χ1n) is 10.4. The minimum atomic E-state index is -1.16. The molecule has 3 aromatic carbocycles. The number of amides is 1. The monoisotopic (exact) mass is 427 g/mol. The molecule has 4 aromatic rings. The highest BCUT2D eigenvalue weighted by molar-refractivity contribution is 5.82. The van der Waals surface area contributed by atoms with Gasteiger partial charge in [-0.1, -0.05) is 66.7 Å². The third-order valence-corrected chi connectivity index (χ3v) is 5.82. The van der Waals surface area contributed by atoms with Gasteiger partial charge >= 0.3 is 12.1 Å². The second kappa shape index (κ2) is 8.23. The predicted octanol–water partition coefficient (Wildman–Crippen LogP) is 4.97. The lowest BCUT2D eigenvalue weighted by Gasteiger charge is -2.17. The van der Waals surface area contributed by atoms with E-state index in [4.69, 9.17) is 9.15 Å². The van der Waals surface area contributed by atoms with E-state index in [2.05, 4.69) is 17.4 Å². The number of hydrogen-bond donors (Lipinski definition) is 2. The Balaban J connectivity index is 1.27. The molecule has 5 rings (SSSR count). The SMILES string of the molecule is O=C(N[C@@H](Cc1cc2ccccc2o1)C(=O)O)OCC1c2ccccc2-c2ccccc21. The number of rotatable bonds is 6. The van der Waals surface area contributed by atoms with E-state index in [0.717, 1.165) is 27.6 Å².